The van der Waals surface area contributed by atoms with E-state index < -0.39 is 0 Å². The molecular formula is C20H30O2. The fraction of sp³-hybridized carbons (Fsp3) is 0.550. The zero-order chi connectivity index (χ0) is 16.6. The number of ketones is 1. The minimum atomic E-state index is -0.379. The highest BCUT2D eigenvalue weighted by Gasteiger charge is 2.19. The van der Waals surface area contributed by atoms with E-state index >= 15 is 0 Å². The van der Waals surface area contributed by atoms with E-state index in [9.17, 15) is 4.79 Å². The maximum absolute atomic E-state index is 12.2. The molecule has 22 heavy (non-hydrogen) atoms. The second-order valence-electron chi connectivity index (χ2n) is 6.98. The Morgan fingerprint density at radius 3 is 2.41 bits per heavy atom. The van der Waals surface area contributed by atoms with E-state index in [1.165, 1.54) is 5.57 Å². The third kappa shape index (κ3) is 7.04. The molecule has 1 atom stereocenters. The average Bonchev–Trinajstić information content (AvgIpc) is 2.46. The summed E-state index contributed by atoms with van der Waals surface area (Å²) in [7, 11) is 0. The number of hydrogen-bond donors (Lipinski definition) is 0. The first kappa shape index (κ1) is 18.6. The van der Waals surface area contributed by atoms with Crippen molar-refractivity contribution in [1.29, 1.82) is 0 Å². The lowest BCUT2D eigenvalue weighted by Crippen LogP contribution is -2.23. The molecule has 2 heteroatoms. The Morgan fingerprint density at radius 1 is 1.18 bits per heavy atom. The Balaban J connectivity index is 2.36. The van der Waals surface area contributed by atoms with Crippen molar-refractivity contribution in [3.05, 3.63) is 47.5 Å². The number of Topliss-reactive ketones (excluding diaryl/α,β-unsaturated/α-hetero) is 1. The second-order valence-corrected chi connectivity index (χ2v) is 6.98. The molecular weight excluding hydrogens is 272 g/mol. The summed E-state index contributed by atoms with van der Waals surface area (Å²) in [6.07, 6.45) is 5.12. The lowest BCUT2D eigenvalue weighted by Gasteiger charge is -2.24. The molecule has 122 valence electrons. The maximum Gasteiger partial charge on any atom is 0.191 e. The number of carbonyl (C=O) groups is 1. The third-order valence-corrected chi connectivity index (χ3v) is 3.95. The predicted molar refractivity (Wildman–Crippen MR) is 93.2 cm³/mol. The van der Waals surface area contributed by atoms with Crippen molar-refractivity contribution >= 4 is 5.78 Å². The first-order valence-electron chi connectivity index (χ1n) is 8.16. The maximum atomic E-state index is 12.2. The van der Waals surface area contributed by atoms with Gasteiger partial charge in [-0.15, -0.1) is 0 Å². The van der Waals surface area contributed by atoms with Gasteiger partial charge in [0.15, 0.2) is 5.78 Å². The summed E-state index contributed by atoms with van der Waals surface area (Å²) >= 11 is 0. The van der Waals surface area contributed by atoms with E-state index in [2.05, 4.69) is 33.8 Å². The van der Waals surface area contributed by atoms with E-state index in [0.717, 1.165) is 24.8 Å². The van der Waals surface area contributed by atoms with Gasteiger partial charge in [-0.2, -0.15) is 0 Å². The molecule has 0 aliphatic carbocycles. The van der Waals surface area contributed by atoms with Gasteiger partial charge in [0.05, 0.1) is 0 Å². The zero-order valence-electron chi connectivity index (χ0n) is 14.7. The molecule has 0 amide bonds. The summed E-state index contributed by atoms with van der Waals surface area (Å²) < 4.78 is 5.76. The van der Waals surface area contributed by atoms with Crippen molar-refractivity contribution in [3.63, 3.8) is 0 Å². The molecule has 0 saturated carbocycles. The fourth-order valence-corrected chi connectivity index (χ4v) is 2.30. The second kappa shape index (κ2) is 8.89. The third-order valence-electron chi connectivity index (χ3n) is 3.95. The highest BCUT2D eigenvalue weighted by atomic mass is 16.5. The molecule has 0 heterocycles. The SMILES string of the molecule is CC(C)=CCCC(C)(C)CCOC(C)C(=O)c1ccccc1. The number of hydrogen-bond acceptors (Lipinski definition) is 2. The summed E-state index contributed by atoms with van der Waals surface area (Å²) in [5.41, 5.74) is 2.33. The van der Waals surface area contributed by atoms with E-state index in [4.69, 9.17) is 4.74 Å². The van der Waals surface area contributed by atoms with Gasteiger partial charge in [0.25, 0.3) is 0 Å². The molecule has 0 bridgehead atoms. The van der Waals surface area contributed by atoms with Crippen LogP contribution in [0, 0.1) is 5.41 Å². The van der Waals surface area contributed by atoms with Crippen LogP contribution in [0.5, 0.6) is 0 Å². The van der Waals surface area contributed by atoms with E-state index in [-0.39, 0.29) is 17.3 Å². The van der Waals surface area contributed by atoms with Crippen LogP contribution >= 0.6 is 0 Å². The Morgan fingerprint density at radius 2 is 1.82 bits per heavy atom. The molecule has 0 saturated heterocycles. The van der Waals surface area contributed by atoms with Gasteiger partial charge in [-0.1, -0.05) is 55.8 Å². The molecule has 0 aromatic heterocycles. The Bertz CT molecular complexity index is 482. The Kier molecular flexibility index (Phi) is 7.53. The van der Waals surface area contributed by atoms with Crippen LogP contribution in [-0.4, -0.2) is 18.5 Å². The van der Waals surface area contributed by atoms with E-state index in [1.54, 1.807) is 0 Å². The van der Waals surface area contributed by atoms with Gasteiger partial charge in [-0.05, 0) is 45.4 Å². The fourth-order valence-electron chi connectivity index (χ4n) is 2.30. The van der Waals surface area contributed by atoms with Crippen LogP contribution in [0.1, 0.15) is 64.2 Å². The topological polar surface area (TPSA) is 26.3 Å². The number of allylic oxidation sites excluding steroid dienone is 2. The zero-order valence-corrected chi connectivity index (χ0v) is 14.7. The van der Waals surface area contributed by atoms with Crippen LogP contribution in [0.15, 0.2) is 42.0 Å². The monoisotopic (exact) mass is 302 g/mol. The Hall–Kier alpha value is -1.41. The van der Waals surface area contributed by atoms with Gasteiger partial charge in [-0.3, -0.25) is 4.79 Å². The number of benzene rings is 1. The average molecular weight is 302 g/mol. The molecule has 1 unspecified atom stereocenters. The highest BCUT2D eigenvalue weighted by Crippen LogP contribution is 2.27. The smallest absolute Gasteiger partial charge is 0.191 e. The quantitative estimate of drug-likeness (QED) is 0.448. The van der Waals surface area contributed by atoms with E-state index in [0.29, 0.717) is 6.61 Å². The molecule has 0 aliphatic heterocycles. The number of rotatable bonds is 9. The van der Waals surface area contributed by atoms with Crippen molar-refractivity contribution in [2.45, 2.75) is 60.0 Å². The Labute approximate surface area is 135 Å². The first-order chi connectivity index (χ1) is 10.3. The highest BCUT2D eigenvalue weighted by molar-refractivity contribution is 5.99. The van der Waals surface area contributed by atoms with Crippen molar-refractivity contribution in [1.82, 2.24) is 0 Å². The van der Waals surface area contributed by atoms with Gasteiger partial charge in [-0.25, -0.2) is 0 Å². The van der Waals surface area contributed by atoms with Crippen LogP contribution in [0.2, 0.25) is 0 Å². The van der Waals surface area contributed by atoms with Gasteiger partial charge in [0.2, 0.25) is 0 Å². The van der Waals surface area contributed by atoms with Gasteiger partial charge < -0.3 is 4.74 Å². The summed E-state index contributed by atoms with van der Waals surface area (Å²) in [6.45, 7) is 11.3. The molecule has 0 N–H and O–H groups in total. The van der Waals surface area contributed by atoms with Gasteiger partial charge in [0.1, 0.15) is 6.10 Å². The van der Waals surface area contributed by atoms with Gasteiger partial charge >= 0.3 is 0 Å². The standard InChI is InChI=1S/C20H30O2/c1-16(2)10-9-13-20(4,5)14-15-22-17(3)19(21)18-11-7-6-8-12-18/h6-8,10-12,17H,9,13-15H2,1-5H3. The molecule has 1 aromatic carbocycles. The number of ether oxygens (including phenoxy) is 1. The molecule has 0 radical (unpaired) electrons. The normalized spacial score (nSPS) is 12.8. The molecule has 1 rings (SSSR count). The molecule has 0 spiro atoms. The van der Waals surface area contributed by atoms with Crippen molar-refractivity contribution in [2.24, 2.45) is 5.41 Å². The van der Waals surface area contributed by atoms with Crippen molar-refractivity contribution < 1.29 is 9.53 Å². The number of carbonyl (C=O) groups excluding carboxylic acids is 1. The molecule has 0 aliphatic rings. The lowest BCUT2D eigenvalue weighted by molar-refractivity contribution is 0.0373. The minimum Gasteiger partial charge on any atom is -0.370 e. The van der Waals surface area contributed by atoms with E-state index in [1.807, 2.05) is 37.3 Å². The molecule has 0 fully saturated rings. The largest absolute Gasteiger partial charge is 0.370 e. The molecule has 1 aromatic rings. The summed E-state index contributed by atoms with van der Waals surface area (Å²) in [4.78, 5) is 12.2. The summed E-state index contributed by atoms with van der Waals surface area (Å²) in [5, 5.41) is 0. The lowest BCUT2D eigenvalue weighted by atomic mass is 9.84. The van der Waals surface area contributed by atoms with Crippen molar-refractivity contribution in [3.8, 4) is 0 Å². The van der Waals surface area contributed by atoms with Gasteiger partial charge in [0, 0.05) is 12.2 Å². The van der Waals surface area contributed by atoms with Crippen LogP contribution in [0.25, 0.3) is 0 Å². The van der Waals surface area contributed by atoms with Crippen LogP contribution in [-0.2, 0) is 4.74 Å². The summed E-state index contributed by atoms with van der Waals surface area (Å²) in [5.74, 6) is 0.0583. The first-order valence-corrected chi connectivity index (χ1v) is 8.16. The van der Waals surface area contributed by atoms with Crippen molar-refractivity contribution in [2.75, 3.05) is 6.61 Å². The van der Waals surface area contributed by atoms with Crippen LogP contribution < -0.4 is 0 Å². The molecule has 2 nitrogen and oxygen atoms in total. The van der Waals surface area contributed by atoms with Crippen LogP contribution in [0.3, 0.4) is 0 Å². The predicted octanol–water partition coefficient (Wildman–Crippen LogP) is 5.44. The summed E-state index contributed by atoms with van der Waals surface area (Å²) in [6, 6.07) is 9.35. The van der Waals surface area contributed by atoms with Crippen LogP contribution in [0.4, 0.5) is 0 Å². The minimum absolute atomic E-state index is 0.0583.